The van der Waals surface area contributed by atoms with E-state index in [1.54, 1.807) is 0 Å². The Morgan fingerprint density at radius 1 is 1.11 bits per heavy atom. The summed E-state index contributed by atoms with van der Waals surface area (Å²) in [6.45, 7) is -1.97. The zero-order chi connectivity index (χ0) is 32.1. The lowest BCUT2D eigenvalue weighted by atomic mass is 9.85. The Bertz CT molecular complexity index is 1520. The average Bonchev–Trinajstić information content (AvgIpc) is 3.43. The molecule has 0 radical (unpaired) electrons. The molecule has 0 aliphatic carbocycles. The van der Waals surface area contributed by atoms with Crippen LogP contribution in [-0.2, 0) is 10.9 Å². The Morgan fingerprint density at radius 2 is 1.75 bits per heavy atom. The van der Waals surface area contributed by atoms with Crippen LogP contribution in [0, 0.1) is 17.5 Å². The van der Waals surface area contributed by atoms with Gasteiger partial charge in [-0.3, -0.25) is 0 Å². The number of β-amino-alcohol motifs (C(OH)–C–C–N with tert-alkyl or cyclic N) is 1. The monoisotopic (exact) mass is 650 g/mol. The van der Waals surface area contributed by atoms with Crippen LogP contribution in [0.3, 0.4) is 0 Å². The van der Waals surface area contributed by atoms with Gasteiger partial charge in [0, 0.05) is 5.56 Å². The lowest BCUT2D eigenvalue weighted by Gasteiger charge is -2.51. The van der Waals surface area contributed by atoms with Gasteiger partial charge in [-0.1, -0.05) is 23.4 Å². The van der Waals surface area contributed by atoms with Gasteiger partial charge in [0.25, 0.3) is 0 Å². The third-order valence-corrected chi connectivity index (χ3v) is 9.07. The molecule has 0 bridgehead atoms. The van der Waals surface area contributed by atoms with Crippen molar-refractivity contribution in [2.45, 2.75) is 46.8 Å². The maximum absolute atomic E-state index is 14.0. The average molecular weight is 651 g/mol. The number of amides is 1. The van der Waals surface area contributed by atoms with Crippen LogP contribution in [0.2, 0.25) is 0 Å². The van der Waals surface area contributed by atoms with Crippen molar-refractivity contribution in [2.75, 3.05) is 19.7 Å². The highest BCUT2D eigenvalue weighted by Gasteiger charge is 2.55. The third kappa shape index (κ3) is 5.84. The molecule has 3 aromatic rings. The zero-order valence-corrected chi connectivity index (χ0v) is 23.0. The minimum absolute atomic E-state index is 0.201. The molecule has 1 amide bonds. The van der Waals surface area contributed by atoms with Gasteiger partial charge < -0.3 is 35.2 Å². The number of hydrogen-bond donors (Lipinski definition) is 5. The van der Waals surface area contributed by atoms with Crippen molar-refractivity contribution in [3.05, 3.63) is 71.2 Å². The van der Waals surface area contributed by atoms with Crippen molar-refractivity contribution >= 4 is 17.9 Å². The third-order valence-electron chi connectivity index (χ3n) is 7.45. The number of likely N-dealkylation sites (tertiary alicyclic amines) is 1. The lowest BCUT2D eigenvalue weighted by molar-refractivity contribution is -0.179. The first-order valence-electron chi connectivity index (χ1n) is 12.9. The van der Waals surface area contributed by atoms with E-state index in [0.29, 0.717) is 23.9 Å². The van der Waals surface area contributed by atoms with Crippen LogP contribution >= 0.6 is 11.8 Å². The molecule has 0 saturated carbocycles. The fourth-order valence-corrected chi connectivity index (χ4v) is 6.83. The normalized spacial score (nSPS) is 25.9. The molecule has 5 N–H and O–H groups in total. The predicted octanol–water partition coefficient (Wildman–Crippen LogP) is 2.56. The van der Waals surface area contributed by atoms with Crippen LogP contribution in [0.4, 0.5) is 31.1 Å². The molecule has 2 aliphatic heterocycles. The Labute approximate surface area is 248 Å². The van der Waals surface area contributed by atoms with Gasteiger partial charge in [0.05, 0.1) is 36.7 Å². The van der Waals surface area contributed by atoms with E-state index in [-0.39, 0.29) is 11.3 Å². The quantitative estimate of drug-likeness (QED) is 0.190. The maximum Gasteiger partial charge on any atom is 0.416 e. The summed E-state index contributed by atoms with van der Waals surface area (Å²) in [6.07, 6.45) is -10.2. The summed E-state index contributed by atoms with van der Waals surface area (Å²) < 4.78 is 89.6. The summed E-state index contributed by atoms with van der Waals surface area (Å²) in [5, 5.41) is 58.8. The smallest absolute Gasteiger partial charge is 0.416 e. The van der Waals surface area contributed by atoms with E-state index in [1.807, 2.05) is 0 Å². The number of hydrogen-bond acceptors (Lipinski definition) is 9. The van der Waals surface area contributed by atoms with Crippen molar-refractivity contribution in [2.24, 2.45) is 0 Å². The first-order valence-corrected chi connectivity index (χ1v) is 13.8. The second-order valence-corrected chi connectivity index (χ2v) is 11.6. The van der Waals surface area contributed by atoms with Crippen LogP contribution in [0.15, 0.2) is 42.6 Å². The number of alkyl halides is 3. The molecule has 1 aromatic heterocycles. The van der Waals surface area contributed by atoms with E-state index >= 15 is 0 Å². The fraction of sp³-hybridized carbons (Fsp3) is 0.423. The standard InChI is InChI=1S/C26H24F6N4O7S/c27-14-5-11(6-15(28)18(14)29)16-7-36(34-33-16)19-20(38)17(8-37)43-23(21(19)39)44-22(25(42)9-35(10-25)24(40)41)12-3-1-2-4-13(12)26(30,31)32/h1-7,17,19-23,37-39,42H,8-10H2,(H,40,41)/t17-,19+,20+,21-,22?,23+/m1/s1. The van der Waals surface area contributed by atoms with E-state index < -0.39 is 101 Å². The van der Waals surface area contributed by atoms with Crippen molar-refractivity contribution < 1.29 is 61.4 Å². The molecule has 2 saturated heterocycles. The topological polar surface area (TPSA) is 161 Å². The molecular formula is C26H24F6N4O7S. The minimum Gasteiger partial charge on any atom is -0.465 e. The zero-order valence-electron chi connectivity index (χ0n) is 22.1. The number of thioether (sulfide) groups is 1. The summed E-state index contributed by atoms with van der Waals surface area (Å²) >= 11 is 0.516. The first-order chi connectivity index (χ1) is 20.6. The highest BCUT2D eigenvalue weighted by Crippen LogP contribution is 2.51. The van der Waals surface area contributed by atoms with E-state index in [1.165, 1.54) is 6.07 Å². The number of halogens is 6. The number of aliphatic hydroxyl groups is 4. The van der Waals surface area contributed by atoms with Crippen molar-refractivity contribution in [3.63, 3.8) is 0 Å². The Kier molecular flexibility index (Phi) is 8.60. The van der Waals surface area contributed by atoms with Crippen molar-refractivity contribution in [1.82, 2.24) is 19.9 Å². The number of rotatable bonds is 7. The molecule has 44 heavy (non-hydrogen) atoms. The molecule has 2 fully saturated rings. The molecule has 0 spiro atoms. The van der Waals surface area contributed by atoms with Crippen LogP contribution in [0.5, 0.6) is 0 Å². The molecule has 18 heteroatoms. The molecule has 238 valence electrons. The molecule has 2 aliphatic rings. The van der Waals surface area contributed by atoms with Crippen molar-refractivity contribution in [1.29, 1.82) is 0 Å². The van der Waals surface area contributed by atoms with Gasteiger partial charge in [0.2, 0.25) is 0 Å². The summed E-state index contributed by atoms with van der Waals surface area (Å²) in [6, 6.07) is 4.07. The van der Waals surface area contributed by atoms with Crippen molar-refractivity contribution in [3.8, 4) is 11.3 Å². The Balaban J connectivity index is 1.50. The number of nitrogens with zero attached hydrogens (tertiary/aromatic N) is 4. The van der Waals surface area contributed by atoms with Crippen LogP contribution in [-0.4, -0.2) is 101 Å². The minimum atomic E-state index is -4.88. The van der Waals surface area contributed by atoms with E-state index in [4.69, 9.17) is 4.74 Å². The molecule has 1 unspecified atom stereocenters. The van der Waals surface area contributed by atoms with Crippen LogP contribution < -0.4 is 0 Å². The molecule has 11 nitrogen and oxygen atoms in total. The molecule has 2 aromatic carbocycles. The van der Waals surface area contributed by atoms with Crippen LogP contribution in [0.1, 0.15) is 22.4 Å². The second kappa shape index (κ2) is 11.8. The number of carbonyl (C=O) groups is 1. The summed E-state index contributed by atoms with van der Waals surface area (Å²) in [5.74, 6) is -4.75. The largest absolute Gasteiger partial charge is 0.465 e. The van der Waals surface area contributed by atoms with Crippen LogP contribution in [0.25, 0.3) is 11.3 Å². The maximum atomic E-state index is 14.0. The van der Waals surface area contributed by atoms with Gasteiger partial charge >= 0.3 is 12.3 Å². The fourth-order valence-electron chi connectivity index (χ4n) is 5.27. The Hall–Kier alpha value is -3.42. The van der Waals surface area contributed by atoms with Gasteiger partial charge in [0.1, 0.15) is 41.1 Å². The van der Waals surface area contributed by atoms with Gasteiger partial charge in [-0.05, 0) is 23.8 Å². The number of aromatic nitrogens is 3. The van der Waals surface area contributed by atoms with Gasteiger partial charge in [-0.15, -0.1) is 16.9 Å². The summed E-state index contributed by atoms with van der Waals surface area (Å²) in [5.41, 5.74) is -5.60. The molecule has 3 heterocycles. The first kappa shape index (κ1) is 32.0. The second-order valence-electron chi connectivity index (χ2n) is 10.4. The number of ether oxygens (including phenoxy) is 1. The summed E-state index contributed by atoms with van der Waals surface area (Å²) in [4.78, 5) is 12.2. The lowest BCUT2D eigenvalue weighted by Crippen LogP contribution is -2.66. The summed E-state index contributed by atoms with van der Waals surface area (Å²) in [7, 11) is 0. The van der Waals surface area contributed by atoms with E-state index in [2.05, 4.69) is 10.3 Å². The van der Waals surface area contributed by atoms with Gasteiger partial charge in [-0.2, -0.15) is 13.2 Å². The van der Waals surface area contributed by atoms with Gasteiger partial charge in [-0.25, -0.2) is 22.6 Å². The Morgan fingerprint density at radius 3 is 2.34 bits per heavy atom. The predicted molar refractivity (Wildman–Crippen MR) is 138 cm³/mol. The van der Waals surface area contributed by atoms with E-state index in [0.717, 1.165) is 34.0 Å². The van der Waals surface area contributed by atoms with Gasteiger partial charge in [0.15, 0.2) is 17.5 Å². The SMILES string of the molecule is O=C(O)N1CC(O)(C(S[C@@H]2O[C@H](CO)[C@H](O)[C@H](n3cc(-c4cc(F)c(F)c(F)c4)nn3)[C@H]2O)c2ccccc2C(F)(F)F)C1. The number of benzene rings is 2. The molecule has 6 atom stereocenters. The highest BCUT2D eigenvalue weighted by molar-refractivity contribution is 8.00. The van der Waals surface area contributed by atoms with E-state index in [9.17, 15) is 56.7 Å². The molecular weight excluding hydrogens is 626 g/mol. The number of aliphatic hydroxyl groups excluding tert-OH is 3. The number of carboxylic acid groups (broad SMARTS) is 1. The highest BCUT2D eigenvalue weighted by atomic mass is 32.2. The molecule has 5 rings (SSSR count).